The van der Waals surface area contributed by atoms with Crippen LogP contribution in [0.2, 0.25) is 0 Å². The number of likely N-dealkylation sites (tertiary alicyclic amines) is 1. The molecule has 4 nitrogen and oxygen atoms in total. The Labute approximate surface area is 125 Å². The second-order valence-electron chi connectivity index (χ2n) is 5.68. The zero-order chi connectivity index (χ0) is 14.9. The second kappa shape index (κ2) is 5.52. The van der Waals surface area contributed by atoms with Crippen LogP contribution in [-0.2, 0) is 4.74 Å². The third-order valence-electron chi connectivity index (χ3n) is 2.63. The van der Waals surface area contributed by atoms with E-state index in [4.69, 9.17) is 4.74 Å². The van der Waals surface area contributed by atoms with Crippen molar-refractivity contribution in [3.05, 3.63) is 33.8 Å². The molecule has 0 spiro atoms. The van der Waals surface area contributed by atoms with Crippen LogP contribution in [-0.4, -0.2) is 34.7 Å². The Balaban J connectivity index is 1.94. The summed E-state index contributed by atoms with van der Waals surface area (Å²) in [4.78, 5) is 17.2. The molecule has 0 aromatic carbocycles. The minimum atomic E-state index is -0.491. The van der Waals surface area contributed by atoms with E-state index in [-0.39, 0.29) is 10.7 Å². The first-order valence-corrected chi connectivity index (χ1v) is 7.02. The third kappa shape index (κ3) is 3.79. The van der Waals surface area contributed by atoms with Gasteiger partial charge in [0.25, 0.3) is 0 Å². The number of rotatable bonds is 1. The summed E-state index contributed by atoms with van der Waals surface area (Å²) < 4.78 is 18.8. The van der Waals surface area contributed by atoms with Crippen LogP contribution in [0.3, 0.4) is 0 Å². The van der Waals surface area contributed by atoms with Crippen LogP contribution in [0.1, 0.15) is 26.3 Å². The van der Waals surface area contributed by atoms with Gasteiger partial charge in [0.1, 0.15) is 10.2 Å². The van der Waals surface area contributed by atoms with Gasteiger partial charge in [-0.05, 0) is 53.9 Å². The molecule has 20 heavy (non-hydrogen) atoms. The highest BCUT2D eigenvalue weighted by Crippen LogP contribution is 2.22. The van der Waals surface area contributed by atoms with Crippen LogP contribution in [0.15, 0.2) is 22.4 Å². The number of amides is 1. The largest absolute Gasteiger partial charge is 0.444 e. The van der Waals surface area contributed by atoms with E-state index in [0.29, 0.717) is 18.7 Å². The van der Waals surface area contributed by atoms with Crippen molar-refractivity contribution < 1.29 is 13.9 Å². The van der Waals surface area contributed by atoms with Gasteiger partial charge in [-0.25, -0.2) is 14.2 Å². The molecule has 0 atom stereocenters. The van der Waals surface area contributed by atoms with E-state index in [2.05, 4.69) is 20.9 Å². The van der Waals surface area contributed by atoms with Crippen molar-refractivity contribution in [3.63, 3.8) is 0 Å². The summed E-state index contributed by atoms with van der Waals surface area (Å²) >= 11 is 3.01. The molecule has 0 radical (unpaired) electrons. The SMILES string of the molecule is CC(C)(C)OC(=O)N1CC(=Cc2cnc(Br)c(F)c2)C1. The van der Waals surface area contributed by atoms with E-state index in [1.165, 1.54) is 6.07 Å². The van der Waals surface area contributed by atoms with Gasteiger partial charge in [0, 0.05) is 19.3 Å². The molecule has 1 aromatic heterocycles. The Kier molecular flexibility index (Phi) is 4.13. The summed E-state index contributed by atoms with van der Waals surface area (Å²) in [5, 5.41) is 0. The van der Waals surface area contributed by atoms with E-state index < -0.39 is 11.4 Å². The number of carbonyl (C=O) groups is 1. The zero-order valence-electron chi connectivity index (χ0n) is 11.6. The van der Waals surface area contributed by atoms with Crippen LogP contribution < -0.4 is 0 Å². The van der Waals surface area contributed by atoms with E-state index in [1.54, 1.807) is 11.1 Å². The fraction of sp³-hybridized carbons (Fsp3) is 0.429. The predicted molar refractivity (Wildman–Crippen MR) is 77.7 cm³/mol. The Bertz CT molecular complexity index is 559. The highest BCUT2D eigenvalue weighted by atomic mass is 79.9. The highest BCUT2D eigenvalue weighted by molar-refractivity contribution is 9.10. The quantitative estimate of drug-likeness (QED) is 0.732. The van der Waals surface area contributed by atoms with Gasteiger partial charge < -0.3 is 9.64 Å². The van der Waals surface area contributed by atoms with Crippen LogP contribution in [0.25, 0.3) is 6.08 Å². The predicted octanol–water partition coefficient (Wildman–Crippen LogP) is 3.62. The lowest BCUT2D eigenvalue weighted by atomic mass is 10.1. The molecule has 1 saturated heterocycles. The summed E-state index contributed by atoms with van der Waals surface area (Å²) in [6.07, 6.45) is 3.09. The molecule has 1 aromatic rings. The molecule has 0 saturated carbocycles. The number of hydrogen-bond donors (Lipinski definition) is 0. The molecule has 6 heteroatoms. The molecule has 2 rings (SSSR count). The maximum Gasteiger partial charge on any atom is 0.410 e. The number of nitrogens with zero attached hydrogens (tertiary/aromatic N) is 2. The number of hydrogen-bond acceptors (Lipinski definition) is 3. The summed E-state index contributed by atoms with van der Waals surface area (Å²) in [6.45, 7) is 6.51. The molecule has 1 amide bonds. The fourth-order valence-corrected chi connectivity index (χ4v) is 1.96. The molecular weight excluding hydrogens is 327 g/mol. The van der Waals surface area contributed by atoms with Crippen LogP contribution in [0.4, 0.5) is 9.18 Å². The molecule has 0 unspecified atom stereocenters. The first-order chi connectivity index (χ1) is 9.24. The summed E-state index contributed by atoms with van der Waals surface area (Å²) in [7, 11) is 0. The van der Waals surface area contributed by atoms with Gasteiger partial charge in [-0.3, -0.25) is 0 Å². The van der Waals surface area contributed by atoms with Gasteiger partial charge in [0.2, 0.25) is 0 Å². The highest BCUT2D eigenvalue weighted by Gasteiger charge is 2.29. The number of halogens is 2. The number of aromatic nitrogens is 1. The van der Waals surface area contributed by atoms with Crippen LogP contribution in [0, 0.1) is 5.82 Å². The average Bonchev–Trinajstić information content (AvgIpc) is 2.25. The normalized spacial score (nSPS) is 14.8. The topological polar surface area (TPSA) is 42.4 Å². The Hall–Kier alpha value is -1.43. The van der Waals surface area contributed by atoms with Crippen LogP contribution in [0.5, 0.6) is 0 Å². The first kappa shape index (κ1) is 15.0. The van der Waals surface area contributed by atoms with Crippen LogP contribution >= 0.6 is 15.9 Å². The zero-order valence-corrected chi connectivity index (χ0v) is 13.2. The number of ether oxygens (including phenoxy) is 1. The van der Waals surface area contributed by atoms with Gasteiger partial charge in [-0.2, -0.15) is 0 Å². The maximum absolute atomic E-state index is 13.3. The van der Waals surface area contributed by atoms with Crippen molar-refractivity contribution in [2.45, 2.75) is 26.4 Å². The molecule has 0 aliphatic carbocycles. The monoisotopic (exact) mass is 342 g/mol. The molecule has 0 bridgehead atoms. The Morgan fingerprint density at radius 2 is 2.15 bits per heavy atom. The smallest absolute Gasteiger partial charge is 0.410 e. The minimum absolute atomic E-state index is 0.198. The third-order valence-corrected chi connectivity index (χ3v) is 3.21. The lowest BCUT2D eigenvalue weighted by molar-refractivity contribution is 0.0216. The standard InChI is InChI=1S/C14H16BrFN2O2/c1-14(2,3)20-13(19)18-7-10(8-18)4-9-5-11(16)12(15)17-6-9/h4-6H,7-8H2,1-3H3. The Morgan fingerprint density at radius 1 is 1.50 bits per heavy atom. The van der Waals surface area contributed by atoms with E-state index in [9.17, 15) is 9.18 Å². The van der Waals surface area contributed by atoms with E-state index >= 15 is 0 Å². The molecular formula is C14H16BrFN2O2. The summed E-state index contributed by atoms with van der Waals surface area (Å²) in [5.41, 5.74) is 1.24. The van der Waals surface area contributed by atoms with Gasteiger partial charge >= 0.3 is 6.09 Å². The van der Waals surface area contributed by atoms with Gasteiger partial charge in [0.15, 0.2) is 5.82 Å². The summed E-state index contributed by atoms with van der Waals surface area (Å²) in [5.74, 6) is -0.400. The number of pyridine rings is 1. The molecule has 1 aliphatic heterocycles. The molecule has 2 heterocycles. The summed E-state index contributed by atoms with van der Waals surface area (Å²) in [6, 6.07) is 1.40. The van der Waals surface area contributed by atoms with Crippen molar-refractivity contribution >= 4 is 28.1 Å². The van der Waals surface area contributed by atoms with E-state index in [1.807, 2.05) is 26.8 Å². The average molecular weight is 343 g/mol. The van der Waals surface area contributed by atoms with Gasteiger partial charge in [-0.1, -0.05) is 6.08 Å². The van der Waals surface area contributed by atoms with Crippen molar-refractivity contribution in [3.8, 4) is 0 Å². The lowest BCUT2D eigenvalue weighted by Crippen LogP contribution is -2.46. The molecule has 1 aliphatic rings. The van der Waals surface area contributed by atoms with Crippen molar-refractivity contribution in [1.82, 2.24) is 9.88 Å². The second-order valence-corrected chi connectivity index (χ2v) is 6.43. The molecule has 1 fully saturated rings. The Morgan fingerprint density at radius 3 is 2.70 bits per heavy atom. The van der Waals surface area contributed by atoms with Crippen molar-refractivity contribution in [1.29, 1.82) is 0 Å². The lowest BCUT2D eigenvalue weighted by Gasteiger charge is -2.35. The van der Waals surface area contributed by atoms with Gasteiger partial charge in [-0.15, -0.1) is 0 Å². The van der Waals surface area contributed by atoms with Gasteiger partial charge in [0.05, 0.1) is 0 Å². The number of carbonyl (C=O) groups excluding carboxylic acids is 1. The van der Waals surface area contributed by atoms with Crippen molar-refractivity contribution in [2.75, 3.05) is 13.1 Å². The maximum atomic E-state index is 13.3. The molecule has 0 N–H and O–H groups in total. The minimum Gasteiger partial charge on any atom is -0.444 e. The first-order valence-electron chi connectivity index (χ1n) is 6.23. The fourth-order valence-electron chi connectivity index (χ4n) is 1.74. The van der Waals surface area contributed by atoms with Crippen molar-refractivity contribution in [2.24, 2.45) is 0 Å². The van der Waals surface area contributed by atoms with E-state index in [0.717, 1.165) is 5.57 Å². The molecule has 108 valence electrons.